The maximum Gasteiger partial charge on any atom is 0.291 e. The molecule has 0 spiro atoms. The molecule has 1 heterocycles. The van der Waals surface area contributed by atoms with Gasteiger partial charge in [0.25, 0.3) is 5.91 Å². The summed E-state index contributed by atoms with van der Waals surface area (Å²) in [6.45, 7) is -0.0532. The first kappa shape index (κ1) is 13.7. The Morgan fingerprint density at radius 3 is 2.95 bits per heavy atom. The van der Waals surface area contributed by atoms with Crippen LogP contribution in [-0.2, 0) is 12.4 Å². The fourth-order valence-electron chi connectivity index (χ4n) is 1.66. The molecule has 5 heteroatoms. The average molecular weight is 277 g/mol. The summed E-state index contributed by atoms with van der Waals surface area (Å²) in [6, 6.07) is 10.5. The highest BCUT2D eigenvalue weighted by atomic mass is 32.2. The molecular formula is C14H15NO3S. The molecule has 0 saturated heterocycles. The number of aliphatic hydroxyl groups is 1. The van der Waals surface area contributed by atoms with Gasteiger partial charge < -0.3 is 14.8 Å². The van der Waals surface area contributed by atoms with Crippen molar-refractivity contribution in [3.63, 3.8) is 0 Å². The maximum atomic E-state index is 12.0. The predicted octanol–water partition coefficient (Wildman–Crippen LogP) is 2.89. The van der Waals surface area contributed by atoms with Crippen LogP contribution in [0.5, 0.6) is 0 Å². The molecule has 1 aromatic carbocycles. The van der Waals surface area contributed by atoms with Gasteiger partial charge in [0, 0.05) is 5.69 Å². The normalized spacial score (nSPS) is 10.4. The van der Waals surface area contributed by atoms with Crippen molar-refractivity contribution in [1.29, 1.82) is 0 Å². The standard InChI is InChI=1S/C14H15NO3S/c1-19-9-12-5-6-13(18-12)14(17)15-11-4-2-3-10(7-11)8-16/h2-7,16H,8-9H2,1H3,(H,15,17). The van der Waals surface area contributed by atoms with Gasteiger partial charge in [-0.25, -0.2) is 0 Å². The molecule has 0 radical (unpaired) electrons. The van der Waals surface area contributed by atoms with Crippen molar-refractivity contribution >= 4 is 23.4 Å². The van der Waals surface area contributed by atoms with E-state index in [1.54, 1.807) is 48.2 Å². The Kier molecular flexibility index (Phi) is 4.65. The van der Waals surface area contributed by atoms with E-state index < -0.39 is 0 Å². The second kappa shape index (κ2) is 6.45. The molecule has 100 valence electrons. The number of thioether (sulfide) groups is 1. The molecule has 0 bridgehead atoms. The van der Waals surface area contributed by atoms with E-state index in [0.717, 1.165) is 17.1 Å². The van der Waals surface area contributed by atoms with Crippen molar-refractivity contribution in [1.82, 2.24) is 0 Å². The first-order valence-corrected chi connectivity index (χ1v) is 7.21. The second-order valence-electron chi connectivity index (χ2n) is 4.01. The Morgan fingerprint density at radius 2 is 2.21 bits per heavy atom. The summed E-state index contributed by atoms with van der Waals surface area (Å²) in [6.07, 6.45) is 1.97. The highest BCUT2D eigenvalue weighted by Gasteiger charge is 2.11. The molecule has 0 aliphatic carbocycles. The molecule has 0 fully saturated rings. The quantitative estimate of drug-likeness (QED) is 0.882. The van der Waals surface area contributed by atoms with Crippen LogP contribution in [0.15, 0.2) is 40.8 Å². The predicted molar refractivity (Wildman–Crippen MR) is 76.2 cm³/mol. The molecule has 4 nitrogen and oxygen atoms in total. The van der Waals surface area contributed by atoms with Gasteiger partial charge in [-0.1, -0.05) is 12.1 Å². The van der Waals surface area contributed by atoms with Crippen LogP contribution in [0, 0.1) is 0 Å². The van der Waals surface area contributed by atoms with Crippen molar-refractivity contribution in [3.8, 4) is 0 Å². The van der Waals surface area contributed by atoms with Crippen LogP contribution < -0.4 is 5.32 Å². The van der Waals surface area contributed by atoms with E-state index in [0.29, 0.717) is 11.4 Å². The minimum Gasteiger partial charge on any atom is -0.455 e. The van der Waals surface area contributed by atoms with Crippen molar-refractivity contribution in [2.24, 2.45) is 0 Å². The van der Waals surface area contributed by atoms with E-state index in [4.69, 9.17) is 9.52 Å². The third-order valence-electron chi connectivity index (χ3n) is 2.54. The lowest BCUT2D eigenvalue weighted by Crippen LogP contribution is -2.11. The number of hydrogen-bond acceptors (Lipinski definition) is 4. The van der Waals surface area contributed by atoms with Crippen LogP contribution in [0.2, 0.25) is 0 Å². The largest absolute Gasteiger partial charge is 0.455 e. The molecule has 1 amide bonds. The minimum atomic E-state index is -0.289. The van der Waals surface area contributed by atoms with Gasteiger partial charge in [0.1, 0.15) is 5.76 Å². The lowest BCUT2D eigenvalue weighted by molar-refractivity contribution is 0.0995. The van der Waals surface area contributed by atoms with E-state index in [-0.39, 0.29) is 12.5 Å². The van der Waals surface area contributed by atoms with Crippen molar-refractivity contribution in [3.05, 3.63) is 53.5 Å². The number of anilines is 1. The van der Waals surface area contributed by atoms with Gasteiger partial charge in [-0.3, -0.25) is 4.79 Å². The highest BCUT2D eigenvalue weighted by Crippen LogP contribution is 2.16. The Morgan fingerprint density at radius 1 is 1.37 bits per heavy atom. The summed E-state index contributed by atoms with van der Waals surface area (Å²) in [7, 11) is 0. The molecule has 19 heavy (non-hydrogen) atoms. The molecule has 2 aromatic rings. The van der Waals surface area contributed by atoms with Gasteiger partial charge in [-0.2, -0.15) is 11.8 Å². The lowest BCUT2D eigenvalue weighted by Gasteiger charge is -2.04. The van der Waals surface area contributed by atoms with E-state index in [2.05, 4.69) is 5.32 Å². The Balaban J connectivity index is 2.06. The molecule has 0 aliphatic heterocycles. The Hall–Kier alpha value is -1.72. The molecule has 2 N–H and O–H groups in total. The van der Waals surface area contributed by atoms with Gasteiger partial charge in [0.15, 0.2) is 5.76 Å². The second-order valence-corrected chi connectivity index (χ2v) is 4.88. The molecule has 0 saturated carbocycles. The van der Waals surface area contributed by atoms with Gasteiger partial charge in [-0.15, -0.1) is 0 Å². The zero-order valence-corrected chi connectivity index (χ0v) is 11.4. The number of carbonyl (C=O) groups excluding carboxylic acids is 1. The molecule has 2 rings (SSSR count). The smallest absolute Gasteiger partial charge is 0.291 e. The van der Waals surface area contributed by atoms with Crippen LogP contribution in [-0.4, -0.2) is 17.3 Å². The first-order valence-electron chi connectivity index (χ1n) is 5.81. The van der Waals surface area contributed by atoms with Crippen molar-refractivity contribution < 1.29 is 14.3 Å². The lowest BCUT2D eigenvalue weighted by atomic mass is 10.2. The van der Waals surface area contributed by atoms with E-state index >= 15 is 0 Å². The molecule has 0 unspecified atom stereocenters. The summed E-state index contributed by atoms with van der Waals surface area (Å²) in [5.41, 5.74) is 1.39. The number of benzene rings is 1. The third-order valence-corrected chi connectivity index (χ3v) is 3.11. The van der Waals surface area contributed by atoms with Crippen LogP contribution in [0.25, 0.3) is 0 Å². The van der Waals surface area contributed by atoms with Crippen molar-refractivity contribution in [2.45, 2.75) is 12.4 Å². The Bertz CT molecular complexity index is 565. The number of nitrogens with one attached hydrogen (secondary N) is 1. The van der Waals surface area contributed by atoms with Gasteiger partial charge in [0.2, 0.25) is 0 Å². The summed E-state index contributed by atoms with van der Waals surface area (Å²) in [4.78, 5) is 12.0. The number of carbonyl (C=O) groups is 1. The van der Waals surface area contributed by atoms with Crippen LogP contribution in [0.1, 0.15) is 21.9 Å². The van der Waals surface area contributed by atoms with Gasteiger partial charge in [0.05, 0.1) is 12.4 Å². The first-order chi connectivity index (χ1) is 9.22. The van der Waals surface area contributed by atoms with E-state index in [9.17, 15) is 4.79 Å². The minimum absolute atomic E-state index is 0.0532. The zero-order chi connectivity index (χ0) is 13.7. The number of amides is 1. The SMILES string of the molecule is CSCc1ccc(C(=O)Nc2cccc(CO)c2)o1. The summed E-state index contributed by atoms with van der Waals surface area (Å²) in [5, 5.41) is 11.8. The fraction of sp³-hybridized carbons (Fsp3) is 0.214. The summed E-state index contributed by atoms with van der Waals surface area (Å²) in [5.74, 6) is 1.52. The fourth-order valence-corrected chi connectivity index (χ4v) is 2.10. The highest BCUT2D eigenvalue weighted by molar-refractivity contribution is 7.97. The number of aliphatic hydroxyl groups excluding tert-OH is 1. The van der Waals surface area contributed by atoms with E-state index in [1.807, 2.05) is 6.26 Å². The third kappa shape index (κ3) is 3.62. The van der Waals surface area contributed by atoms with Crippen molar-refractivity contribution in [2.75, 3.05) is 11.6 Å². The van der Waals surface area contributed by atoms with Crippen LogP contribution >= 0.6 is 11.8 Å². The molecule has 0 atom stereocenters. The summed E-state index contributed by atoms with van der Waals surface area (Å²) < 4.78 is 5.43. The van der Waals surface area contributed by atoms with Gasteiger partial charge >= 0.3 is 0 Å². The molecular weight excluding hydrogens is 262 g/mol. The maximum absolute atomic E-state index is 12.0. The molecule has 0 aliphatic rings. The number of furan rings is 1. The number of hydrogen-bond donors (Lipinski definition) is 2. The zero-order valence-electron chi connectivity index (χ0n) is 10.6. The van der Waals surface area contributed by atoms with E-state index in [1.165, 1.54) is 0 Å². The topological polar surface area (TPSA) is 62.5 Å². The summed E-state index contributed by atoms with van der Waals surface area (Å²) >= 11 is 1.64. The molecule has 1 aromatic heterocycles. The van der Waals surface area contributed by atoms with Gasteiger partial charge in [-0.05, 0) is 36.1 Å². The van der Waals surface area contributed by atoms with Crippen LogP contribution in [0.4, 0.5) is 5.69 Å². The average Bonchev–Trinajstić information content (AvgIpc) is 2.88. The van der Waals surface area contributed by atoms with Crippen LogP contribution in [0.3, 0.4) is 0 Å². The monoisotopic (exact) mass is 277 g/mol. The number of rotatable bonds is 5. The Labute approximate surface area is 115 Å².